The first-order valence-corrected chi connectivity index (χ1v) is 16.0. The molecule has 0 aromatic heterocycles. The number of rotatable bonds is 10. The molecule has 0 radical (unpaired) electrons. The molecule has 10 nitrogen and oxygen atoms in total. The van der Waals surface area contributed by atoms with Gasteiger partial charge in [0.25, 0.3) is 0 Å². The second-order valence-electron chi connectivity index (χ2n) is 14.4. The van der Waals surface area contributed by atoms with Gasteiger partial charge in [-0.05, 0) is 25.3 Å². The van der Waals surface area contributed by atoms with E-state index >= 15 is 0 Å². The third kappa shape index (κ3) is 4.20. The Morgan fingerprint density at radius 1 is 1.16 bits per heavy atom. The summed E-state index contributed by atoms with van der Waals surface area (Å²) < 4.78 is 18.4. The highest BCUT2D eigenvalue weighted by atomic mass is 16.6. The number of unbranched alkanes of at least 4 members (excludes halogenated alkanes) is 3. The molecule has 1 aliphatic heterocycles. The minimum Gasteiger partial charge on any atom is -0.455 e. The molecule has 1 heterocycles. The first kappa shape index (κ1) is 33.0. The molecule has 3 saturated carbocycles. The number of carbonyl (C=O) groups is 3. The van der Waals surface area contributed by atoms with Gasteiger partial charge in [-0.15, -0.1) is 0 Å². The van der Waals surface area contributed by atoms with Crippen LogP contribution in [-0.4, -0.2) is 85.5 Å². The van der Waals surface area contributed by atoms with Crippen LogP contribution in [0.5, 0.6) is 0 Å². The lowest BCUT2D eigenvalue weighted by Gasteiger charge is -2.53. The van der Waals surface area contributed by atoms with Gasteiger partial charge in [0.15, 0.2) is 17.0 Å². The van der Waals surface area contributed by atoms with Crippen LogP contribution in [0.3, 0.4) is 0 Å². The number of epoxide rings is 1. The standard InChI is InChI=1S/C34H48O10/c1-8-9-10-11-12-13-14-15-22(36)42-26-20(5)32(40)21-16-19(4)25(37)33(21,41)29(39)31(17-35)27(43-31)23(32)24-30(6,7)34(24,26)44-28(38)18(2)3/h12-16,18,20-21,23-24,26-27,29,35,39-41H,8-11,17H2,1-7H3/b13-12+,15-14-. The lowest BCUT2D eigenvalue weighted by molar-refractivity contribution is -0.244. The van der Waals surface area contributed by atoms with Crippen LogP contribution in [-0.2, 0) is 28.6 Å². The van der Waals surface area contributed by atoms with E-state index in [1.54, 1.807) is 32.9 Å². The fourth-order valence-electron chi connectivity index (χ4n) is 8.94. The van der Waals surface area contributed by atoms with E-state index in [1.165, 1.54) is 19.1 Å². The maximum atomic E-state index is 13.5. The number of fused-ring (bicyclic) bond motifs is 7. The Labute approximate surface area is 259 Å². The van der Waals surface area contributed by atoms with Crippen molar-refractivity contribution in [1.29, 1.82) is 0 Å². The van der Waals surface area contributed by atoms with Crippen LogP contribution >= 0.6 is 0 Å². The van der Waals surface area contributed by atoms with E-state index in [9.17, 15) is 34.8 Å². The van der Waals surface area contributed by atoms with Crippen molar-refractivity contribution in [1.82, 2.24) is 0 Å². The summed E-state index contributed by atoms with van der Waals surface area (Å²) in [6.07, 6.45) is 8.22. The monoisotopic (exact) mass is 616 g/mol. The first-order valence-electron chi connectivity index (χ1n) is 16.0. The predicted molar refractivity (Wildman–Crippen MR) is 159 cm³/mol. The average molecular weight is 617 g/mol. The van der Waals surface area contributed by atoms with Gasteiger partial charge in [0.05, 0.1) is 24.2 Å². The number of ether oxygens (including phenoxy) is 3. The minimum atomic E-state index is -2.50. The summed E-state index contributed by atoms with van der Waals surface area (Å²) in [7, 11) is 0. The number of hydrogen-bond donors (Lipinski definition) is 4. The number of ketones is 1. The summed E-state index contributed by atoms with van der Waals surface area (Å²) in [6.45, 7) is 11.7. The second-order valence-corrected chi connectivity index (χ2v) is 14.4. The normalized spacial score (nSPS) is 44.9. The zero-order valence-electron chi connectivity index (χ0n) is 26.8. The maximum absolute atomic E-state index is 13.5. The van der Waals surface area contributed by atoms with Crippen LogP contribution in [0.4, 0.5) is 0 Å². The largest absolute Gasteiger partial charge is 0.455 e. The Balaban J connectivity index is 1.59. The smallest absolute Gasteiger partial charge is 0.331 e. The SMILES string of the molecule is CCCCC/C=C/C=C\C(=O)OC1C(C)C2(O)C(C3OC3(CO)C(O)C3(O)C(=O)C(C)=CC32)C2C(C)(C)C12OC(=O)C(C)C. The molecule has 1 saturated heterocycles. The van der Waals surface area contributed by atoms with Crippen molar-refractivity contribution in [3.63, 3.8) is 0 Å². The number of hydrogen-bond acceptors (Lipinski definition) is 10. The molecule has 0 aromatic carbocycles. The van der Waals surface area contributed by atoms with E-state index in [2.05, 4.69) is 6.92 Å². The fraction of sp³-hybridized carbons (Fsp3) is 0.735. The van der Waals surface area contributed by atoms with Gasteiger partial charge in [-0.1, -0.05) is 78.7 Å². The van der Waals surface area contributed by atoms with Crippen molar-refractivity contribution in [2.45, 2.75) is 115 Å². The Hall–Kier alpha value is -2.37. The van der Waals surface area contributed by atoms with Crippen molar-refractivity contribution in [2.75, 3.05) is 6.61 Å². The van der Waals surface area contributed by atoms with E-state index in [0.717, 1.165) is 25.7 Å². The van der Waals surface area contributed by atoms with Crippen LogP contribution < -0.4 is 0 Å². The van der Waals surface area contributed by atoms with Gasteiger partial charge in [-0.2, -0.15) is 0 Å². The van der Waals surface area contributed by atoms with Gasteiger partial charge in [0.1, 0.15) is 17.8 Å². The lowest BCUT2D eigenvalue weighted by atomic mass is 9.58. The van der Waals surface area contributed by atoms with Crippen LogP contribution in [0.2, 0.25) is 0 Å². The topological polar surface area (TPSA) is 163 Å². The predicted octanol–water partition coefficient (Wildman–Crippen LogP) is 2.56. The number of aliphatic hydroxyl groups excluding tert-OH is 2. The van der Waals surface area contributed by atoms with Gasteiger partial charge in [0.2, 0.25) is 0 Å². The van der Waals surface area contributed by atoms with E-state index < -0.39 is 100 Å². The van der Waals surface area contributed by atoms with Crippen molar-refractivity contribution in [3.8, 4) is 0 Å². The van der Waals surface area contributed by atoms with Crippen molar-refractivity contribution < 1.29 is 49.0 Å². The summed E-state index contributed by atoms with van der Waals surface area (Å²) in [5, 5.41) is 47.0. The molecule has 0 amide bonds. The Bertz CT molecular complexity index is 1300. The summed E-state index contributed by atoms with van der Waals surface area (Å²) >= 11 is 0. The molecule has 0 spiro atoms. The van der Waals surface area contributed by atoms with Gasteiger partial charge in [0, 0.05) is 35.2 Å². The van der Waals surface area contributed by atoms with E-state index in [-0.39, 0.29) is 5.57 Å². The molecular formula is C34H48O10. The third-order valence-electron chi connectivity index (χ3n) is 11.4. The Morgan fingerprint density at radius 3 is 2.45 bits per heavy atom. The maximum Gasteiger partial charge on any atom is 0.331 e. The second kappa shape index (κ2) is 10.9. The lowest BCUT2D eigenvalue weighted by Crippen LogP contribution is -2.69. The molecule has 44 heavy (non-hydrogen) atoms. The first-order chi connectivity index (χ1) is 20.5. The molecule has 10 heteroatoms. The molecule has 4 fully saturated rings. The molecule has 244 valence electrons. The highest BCUT2D eigenvalue weighted by Crippen LogP contribution is 2.79. The zero-order chi connectivity index (χ0) is 32.6. The highest BCUT2D eigenvalue weighted by Gasteiger charge is 2.93. The molecule has 11 unspecified atom stereocenters. The summed E-state index contributed by atoms with van der Waals surface area (Å²) in [5.41, 5.74) is -8.27. The van der Waals surface area contributed by atoms with Gasteiger partial charge < -0.3 is 34.6 Å². The fourth-order valence-corrected chi connectivity index (χ4v) is 8.94. The minimum absolute atomic E-state index is 0.156. The number of allylic oxidation sites excluding steroid dienone is 3. The van der Waals surface area contributed by atoms with Crippen LogP contribution in [0, 0.1) is 35.0 Å². The molecule has 0 aromatic rings. The molecule has 11 atom stereocenters. The molecule has 4 aliphatic carbocycles. The Morgan fingerprint density at radius 2 is 1.84 bits per heavy atom. The number of esters is 2. The van der Waals surface area contributed by atoms with Gasteiger partial charge in [-0.3, -0.25) is 9.59 Å². The summed E-state index contributed by atoms with van der Waals surface area (Å²) in [5.74, 6) is -6.37. The number of Topliss-reactive ketones (excluding diaryl/α,β-unsaturated/α-hetero) is 1. The van der Waals surface area contributed by atoms with Crippen molar-refractivity contribution in [3.05, 3.63) is 36.0 Å². The number of carbonyl (C=O) groups excluding carboxylic acids is 3. The quantitative estimate of drug-likeness (QED) is 0.0943. The van der Waals surface area contributed by atoms with Crippen LogP contribution in [0.25, 0.3) is 0 Å². The molecule has 5 aliphatic rings. The van der Waals surface area contributed by atoms with Gasteiger partial charge in [-0.25, -0.2) is 4.79 Å². The average Bonchev–Trinajstić information content (AvgIpc) is 3.80. The zero-order valence-corrected chi connectivity index (χ0v) is 26.8. The third-order valence-corrected chi connectivity index (χ3v) is 11.4. The van der Waals surface area contributed by atoms with Gasteiger partial charge >= 0.3 is 11.9 Å². The summed E-state index contributed by atoms with van der Waals surface area (Å²) in [6, 6.07) is 0. The highest BCUT2D eigenvalue weighted by molar-refractivity contribution is 6.05. The molecule has 0 bridgehead atoms. The number of aliphatic hydroxyl groups is 4. The Kier molecular flexibility index (Phi) is 8.15. The van der Waals surface area contributed by atoms with E-state index in [1.807, 2.05) is 19.9 Å². The van der Waals surface area contributed by atoms with Crippen LogP contribution in [0.15, 0.2) is 36.0 Å². The van der Waals surface area contributed by atoms with Crippen LogP contribution in [0.1, 0.15) is 74.1 Å². The van der Waals surface area contributed by atoms with E-state index in [4.69, 9.17) is 14.2 Å². The molecule has 4 N–H and O–H groups in total. The summed E-state index contributed by atoms with van der Waals surface area (Å²) in [4.78, 5) is 40.0. The van der Waals surface area contributed by atoms with Crippen molar-refractivity contribution >= 4 is 17.7 Å². The molecular weight excluding hydrogens is 568 g/mol. The molecule has 5 rings (SSSR count). The van der Waals surface area contributed by atoms with Crippen molar-refractivity contribution in [2.24, 2.45) is 35.0 Å². The van der Waals surface area contributed by atoms with E-state index in [0.29, 0.717) is 0 Å².